The van der Waals surface area contributed by atoms with Gasteiger partial charge < -0.3 is 9.30 Å². The average Bonchev–Trinajstić information content (AvgIpc) is 3.06. The highest BCUT2D eigenvalue weighted by atomic mass is 16.6. The van der Waals surface area contributed by atoms with Gasteiger partial charge in [0.2, 0.25) is 0 Å². The lowest BCUT2D eigenvalue weighted by Gasteiger charge is -2.11. The van der Waals surface area contributed by atoms with E-state index in [0.29, 0.717) is 11.3 Å². The molecule has 1 amide bonds. The molecule has 1 N–H and O–H groups in total. The van der Waals surface area contributed by atoms with Gasteiger partial charge in [-0.2, -0.15) is 5.10 Å². The molecule has 9 nitrogen and oxygen atoms in total. The smallest absolute Gasteiger partial charge is 0.345 e. The van der Waals surface area contributed by atoms with Crippen LogP contribution in [0.1, 0.15) is 50.2 Å². The second-order valence-electron chi connectivity index (χ2n) is 7.35. The Bertz CT molecular complexity index is 1260. The van der Waals surface area contributed by atoms with Crippen LogP contribution in [-0.2, 0) is 4.74 Å². The number of benzene rings is 2. The van der Waals surface area contributed by atoms with E-state index in [4.69, 9.17) is 4.74 Å². The molecule has 3 rings (SSSR count). The molecular weight excluding hydrogens is 424 g/mol. The fraction of sp³-hybridized carbons (Fsp3) is 0.208. The molecule has 2 aromatic carbocycles. The van der Waals surface area contributed by atoms with Crippen LogP contribution >= 0.6 is 0 Å². The highest BCUT2D eigenvalue weighted by Crippen LogP contribution is 2.27. The summed E-state index contributed by atoms with van der Waals surface area (Å²) in [6.45, 7) is 7.29. The van der Waals surface area contributed by atoms with Crippen LogP contribution in [-0.4, -0.2) is 34.2 Å². The Labute approximate surface area is 190 Å². The Morgan fingerprint density at radius 2 is 1.85 bits per heavy atom. The third kappa shape index (κ3) is 4.98. The lowest BCUT2D eigenvalue weighted by Crippen LogP contribution is -2.18. The number of aromatic nitrogens is 1. The van der Waals surface area contributed by atoms with Gasteiger partial charge in [-0.05, 0) is 57.5 Å². The molecule has 0 aliphatic carbocycles. The van der Waals surface area contributed by atoms with E-state index in [1.807, 2.05) is 43.5 Å². The molecule has 9 heteroatoms. The van der Waals surface area contributed by atoms with E-state index in [1.54, 1.807) is 25.1 Å². The minimum atomic E-state index is -0.742. The van der Waals surface area contributed by atoms with Crippen molar-refractivity contribution in [2.75, 3.05) is 6.61 Å². The van der Waals surface area contributed by atoms with Crippen LogP contribution in [0.3, 0.4) is 0 Å². The van der Waals surface area contributed by atoms with E-state index < -0.39 is 10.9 Å². The third-order valence-corrected chi connectivity index (χ3v) is 5.16. The van der Waals surface area contributed by atoms with Crippen molar-refractivity contribution >= 4 is 23.8 Å². The van der Waals surface area contributed by atoms with Gasteiger partial charge in [-0.15, -0.1) is 0 Å². The number of nitrogens with zero attached hydrogens (tertiary/aromatic N) is 3. The summed E-state index contributed by atoms with van der Waals surface area (Å²) in [5.74, 6) is -1.06. The second-order valence-corrected chi connectivity index (χ2v) is 7.35. The van der Waals surface area contributed by atoms with Crippen LogP contribution in [0.2, 0.25) is 0 Å². The van der Waals surface area contributed by atoms with Crippen LogP contribution in [0.15, 0.2) is 53.6 Å². The van der Waals surface area contributed by atoms with Gasteiger partial charge in [-0.25, -0.2) is 10.2 Å². The lowest BCUT2D eigenvalue weighted by molar-refractivity contribution is -0.385. The first-order valence-corrected chi connectivity index (χ1v) is 10.3. The fourth-order valence-electron chi connectivity index (χ4n) is 3.56. The van der Waals surface area contributed by atoms with Crippen molar-refractivity contribution in [1.29, 1.82) is 0 Å². The van der Waals surface area contributed by atoms with Crippen LogP contribution < -0.4 is 5.43 Å². The van der Waals surface area contributed by atoms with Gasteiger partial charge >= 0.3 is 5.97 Å². The Hall–Kier alpha value is -4.27. The first kappa shape index (κ1) is 23.4. The molecule has 33 heavy (non-hydrogen) atoms. The Morgan fingerprint density at radius 1 is 1.12 bits per heavy atom. The predicted octanol–water partition coefficient (Wildman–Crippen LogP) is 4.25. The first-order chi connectivity index (χ1) is 15.7. The summed E-state index contributed by atoms with van der Waals surface area (Å²) in [5.41, 5.74) is 6.28. The summed E-state index contributed by atoms with van der Waals surface area (Å²) < 4.78 is 6.73. The van der Waals surface area contributed by atoms with Crippen molar-refractivity contribution < 1.29 is 19.2 Å². The zero-order chi connectivity index (χ0) is 24.1. The molecule has 0 radical (unpaired) electrons. The van der Waals surface area contributed by atoms with Gasteiger partial charge in [0.25, 0.3) is 11.6 Å². The Kier molecular flexibility index (Phi) is 7.02. The second kappa shape index (κ2) is 9.90. The van der Waals surface area contributed by atoms with Gasteiger partial charge in [-0.1, -0.05) is 18.2 Å². The molecule has 0 aliphatic rings. The number of nitro groups is 1. The molecule has 0 unspecified atom stereocenters. The van der Waals surface area contributed by atoms with Crippen molar-refractivity contribution in [3.8, 4) is 5.69 Å². The van der Waals surface area contributed by atoms with Crippen LogP contribution in [0, 0.1) is 30.9 Å². The summed E-state index contributed by atoms with van der Waals surface area (Å²) in [5, 5.41) is 15.6. The molecule has 170 valence electrons. The SMILES string of the molecule is CCOC(=O)c1ccc(-n2c(C)cc(/C=N/NC(=O)c3ccccc3C)c2C)cc1[N+](=O)[O-]. The zero-order valence-electron chi connectivity index (χ0n) is 18.8. The fourth-order valence-corrected chi connectivity index (χ4v) is 3.56. The minimum Gasteiger partial charge on any atom is -0.462 e. The molecule has 0 saturated heterocycles. The van der Waals surface area contributed by atoms with Crippen LogP contribution in [0.4, 0.5) is 5.69 Å². The molecule has 0 atom stereocenters. The lowest BCUT2D eigenvalue weighted by atomic mass is 10.1. The number of hydrogen-bond donors (Lipinski definition) is 1. The molecular formula is C24H24N4O5. The average molecular weight is 448 g/mol. The standard InChI is InChI=1S/C24H24N4O5/c1-5-33-24(30)21-11-10-19(13-22(21)28(31)32)27-16(3)12-18(17(27)4)14-25-26-23(29)20-9-7-6-8-15(20)2/h6-14H,5H2,1-4H3,(H,26,29)/b25-14+. The Balaban J connectivity index is 1.89. The van der Waals surface area contributed by atoms with Gasteiger partial charge in [0, 0.05) is 28.6 Å². The van der Waals surface area contributed by atoms with E-state index in [1.165, 1.54) is 18.3 Å². The zero-order valence-corrected chi connectivity index (χ0v) is 18.8. The summed E-state index contributed by atoms with van der Waals surface area (Å²) >= 11 is 0. The Morgan fingerprint density at radius 3 is 2.52 bits per heavy atom. The maximum atomic E-state index is 12.3. The van der Waals surface area contributed by atoms with Crippen LogP contribution in [0.25, 0.3) is 5.69 Å². The molecule has 1 aromatic heterocycles. The number of esters is 1. The van der Waals surface area contributed by atoms with Crippen molar-refractivity contribution in [3.63, 3.8) is 0 Å². The van der Waals surface area contributed by atoms with E-state index in [9.17, 15) is 19.7 Å². The topological polar surface area (TPSA) is 116 Å². The molecule has 0 bridgehead atoms. The van der Waals surface area contributed by atoms with Gasteiger partial charge in [-0.3, -0.25) is 14.9 Å². The van der Waals surface area contributed by atoms with E-state index in [0.717, 1.165) is 22.5 Å². The summed E-state index contributed by atoms with van der Waals surface area (Å²) in [7, 11) is 0. The number of aryl methyl sites for hydroxylation is 2. The van der Waals surface area contributed by atoms with Crippen molar-refractivity contribution in [2.24, 2.45) is 5.10 Å². The van der Waals surface area contributed by atoms with Crippen molar-refractivity contribution in [1.82, 2.24) is 9.99 Å². The number of amides is 1. The van der Waals surface area contributed by atoms with E-state index in [-0.39, 0.29) is 23.8 Å². The normalized spacial score (nSPS) is 10.9. The maximum absolute atomic E-state index is 12.3. The summed E-state index contributed by atoms with van der Waals surface area (Å²) in [4.78, 5) is 35.4. The first-order valence-electron chi connectivity index (χ1n) is 10.3. The van der Waals surface area contributed by atoms with Crippen LogP contribution in [0.5, 0.6) is 0 Å². The maximum Gasteiger partial charge on any atom is 0.345 e. The largest absolute Gasteiger partial charge is 0.462 e. The molecule has 0 spiro atoms. The van der Waals surface area contributed by atoms with Gasteiger partial charge in [0.15, 0.2) is 0 Å². The number of ether oxygens (including phenoxy) is 1. The van der Waals surface area contributed by atoms with Crippen molar-refractivity contribution in [2.45, 2.75) is 27.7 Å². The number of rotatable bonds is 7. The van der Waals surface area contributed by atoms with Crippen molar-refractivity contribution in [3.05, 3.63) is 92.3 Å². The predicted molar refractivity (Wildman–Crippen MR) is 124 cm³/mol. The number of carbonyl (C=O) groups excluding carboxylic acids is 2. The van der Waals surface area contributed by atoms with E-state index >= 15 is 0 Å². The van der Waals surface area contributed by atoms with E-state index in [2.05, 4.69) is 10.5 Å². The minimum absolute atomic E-state index is 0.103. The summed E-state index contributed by atoms with van der Waals surface area (Å²) in [6, 6.07) is 13.4. The third-order valence-electron chi connectivity index (χ3n) is 5.16. The monoisotopic (exact) mass is 448 g/mol. The molecule has 3 aromatic rings. The quantitative estimate of drug-likeness (QED) is 0.251. The number of hydrazone groups is 1. The highest BCUT2D eigenvalue weighted by molar-refractivity contribution is 5.96. The number of nitrogens with one attached hydrogen (secondary N) is 1. The number of hydrogen-bond acceptors (Lipinski definition) is 6. The molecule has 1 heterocycles. The summed E-state index contributed by atoms with van der Waals surface area (Å²) in [6.07, 6.45) is 1.52. The van der Waals surface area contributed by atoms with Gasteiger partial charge in [0.05, 0.1) is 23.4 Å². The number of nitro benzene ring substituents is 1. The molecule has 0 fully saturated rings. The molecule has 0 saturated carbocycles. The van der Waals surface area contributed by atoms with Gasteiger partial charge in [0.1, 0.15) is 5.56 Å². The highest BCUT2D eigenvalue weighted by Gasteiger charge is 2.23. The molecule has 0 aliphatic heterocycles. The number of carbonyl (C=O) groups is 2.